The smallest absolute Gasteiger partial charge is 0.279 e. The van der Waals surface area contributed by atoms with Crippen molar-refractivity contribution in [2.75, 3.05) is 0 Å². The number of nitrogens with one attached hydrogen (secondary N) is 2. The molecule has 0 saturated heterocycles. The lowest BCUT2D eigenvalue weighted by atomic mass is 10.3. The van der Waals surface area contributed by atoms with E-state index in [0.717, 1.165) is 22.7 Å². The van der Waals surface area contributed by atoms with Gasteiger partial charge in [-0.05, 0) is 62.3 Å². The van der Waals surface area contributed by atoms with Crippen LogP contribution in [0.2, 0.25) is 0 Å². The van der Waals surface area contributed by atoms with Gasteiger partial charge in [0.2, 0.25) is 0 Å². The molecule has 0 aliphatic carbocycles. The van der Waals surface area contributed by atoms with E-state index in [4.69, 9.17) is 0 Å². The van der Waals surface area contributed by atoms with Crippen molar-refractivity contribution in [3.63, 3.8) is 0 Å². The van der Waals surface area contributed by atoms with E-state index in [9.17, 15) is 9.59 Å². The third kappa shape index (κ3) is 6.05. The Bertz CT molecular complexity index is 1920. The first-order valence-corrected chi connectivity index (χ1v) is 13.4. The van der Waals surface area contributed by atoms with E-state index in [-0.39, 0.29) is 23.2 Å². The Labute approximate surface area is 236 Å². The number of aromatic amines is 2. The first-order valence-electron chi connectivity index (χ1n) is 13.4. The highest BCUT2D eigenvalue weighted by Crippen LogP contribution is 2.17. The average Bonchev–Trinajstić information content (AvgIpc) is 3.62. The standard InChI is InChI=1S/C10H14N4.C9H12N4O.C8H10N4O/c1-6(2)14-5-11-9-7(3)12-8(4)13-10(9)14;1-5(2)13-4-10-7-8(13)11-6(3)12-9(7)14;1-5(2)12-4-11-6-7(12)9-3-10-8(6)13/h5-6H,1-4H3;4-5H,1-3H3,(H,11,12,14);3-5H,1-2H3,(H,9,10,13). The second kappa shape index (κ2) is 11.8. The summed E-state index contributed by atoms with van der Waals surface area (Å²) in [5, 5.41) is 0. The molecule has 0 spiro atoms. The number of aromatic nitrogens is 12. The molecule has 0 bridgehead atoms. The molecular weight excluding hydrogens is 524 g/mol. The highest BCUT2D eigenvalue weighted by atomic mass is 16.1. The van der Waals surface area contributed by atoms with Gasteiger partial charge in [-0.1, -0.05) is 0 Å². The maximum absolute atomic E-state index is 11.5. The first-order chi connectivity index (χ1) is 19.4. The van der Waals surface area contributed by atoms with Crippen LogP contribution < -0.4 is 11.1 Å². The summed E-state index contributed by atoms with van der Waals surface area (Å²) < 4.78 is 5.82. The van der Waals surface area contributed by atoms with Crippen LogP contribution in [0.3, 0.4) is 0 Å². The van der Waals surface area contributed by atoms with E-state index in [1.54, 1.807) is 19.6 Å². The lowest BCUT2D eigenvalue weighted by Gasteiger charge is -2.07. The van der Waals surface area contributed by atoms with Crippen LogP contribution in [0.4, 0.5) is 0 Å². The second-order valence-corrected chi connectivity index (χ2v) is 10.5. The molecular formula is C27H36N12O2. The summed E-state index contributed by atoms with van der Waals surface area (Å²) in [6.45, 7) is 18.0. The molecule has 6 rings (SSSR count). The van der Waals surface area contributed by atoms with Gasteiger partial charge < -0.3 is 23.7 Å². The molecule has 14 heteroatoms. The monoisotopic (exact) mass is 560 g/mol. The molecule has 0 atom stereocenters. The van der Waals surface area contributed by atoms with Crippen molar-refractivity contribution in [3.8, 4) is 0 Å². The minimum atomic E-state index is -0.190. The Morgan fingerprint density at radius 3 is 1.66 bits per heavy atom. The molecule has 6 heterocycles. The van der Waals surface area contributed by atoms with E-state index in [1.165, 1.54) is 6.33 Å². The fourth-order valence-corrected chi connectivity index (χ4v) is 4.23. The molecule has 0 aromatic carbocycles. The van der Waals surface area contributed by atoms with Gasteiger partial charge in [0.25, 0.3) is 11.1 Å². The van der Waals surface area contributed by atoms with Crippen LogP contribution in [0, 0.1) is 20.8 Å². The fourth-order valence-electron chi connectivity index (χ4n) is 4.23. The zero-order valence-electron chi connectivity index (χ0n) is 24.8. The van der Waals surface area contributed by atoms with Crippen molar-refractivity contribution >= 4 is 33.5 Å². The average molecular weight is 561 g/mol. The Morgan fingerprint density at radius 1 is 0.610 bits per heavy atom. The molecule has 0 fully saturated rings. The van der Waals surface area contributed by atoms with Gasteiger partial charge in [-0.15, -0.1) is 0 Å². The molecule has 14 nitrogen and oxygen atoms in total. The number of hydrogen-bond acceptors (Lipinski definition) is 9. The summed E-state index contributed by atoms with van der Waals surface area (Å²) in [4.78, 5) is 57.2. The van der Waals surface area contributed by atoms with E-state index >= 15 is 0 Å². The molecule has 6 aromatic rings. The Morgan fingerprint density at radius 2 is 1.10 bits per heavy atom. The third-order valence-corrected chi connectivity index (χ3v) is 6.29. The maximum Gasteiger partial charge on any atom is 0.279 e. The van der Waals surface area contributed by atoms with Gasteiger partial charge in [0.05, 0.1) is 31.0 Å². The molecule has 0 unspecified atom stereocenters. The largest absolute Gasteiger partial charge is 0.313 e. The predicted octanol–water partition coefficient (Wildman–Crippen LogP) is 3.73. The quantitative estimate of drug-likeness (QED) is 0.327. The molecule has 0 amide bonds. The van der Waals surface area contributed by atoms with Crippen LogP contribution in [0.1, 0.15) is 77.0 Å². The Hall–Kier alpha value is -4.75. The van der Waals surface area contributed by atoms with E-state index in [2.05, 4.69) is 63.3 Å². The van der Waals surface area contributed by atoms with Crippen molar-refractivity contribution in [1.29, 1.82) is 0 Å². The Kier molecular flexibility index (Phi) is 8.40. The van der Waals surface area contributed by atoms with Gasteiger partial charge in [0.1, 0.15) is 17.2 Å². The van der Waals surface area contributed by atoms with Crippen LogP contribution >= 0.6 is 0 Å². The van der Waals surface area contributed by atoms with Crippen molar-refractivity contribution in [2.45, 2.75) is 80.4 Å². The van der Waals surface area contributed by atoms with Gasteiger partial charge in [0, 0.05) is 18.1 Å². The number of H-pyrrole nitrogens is 2. The van der Waals surface area contributed by atoms with Gasteiger partial charge >= 0.3 is 0 Å². The predicted molar refractivity (Wildman–Crippen MR) is 157 cm³/mol. The molecule has 41 heavy (non-hydrogen) atoms. The van der Waals surface area contributed by atoms with Gasteiger partial charge in [0.15, 0.2) is 28.0 Å². The number of imidazole rings is 3. The fraction of sp³-hybridized carbons (Fsp3) is 0.444. The molecule has 0 saturated carbocycles. The number of hydrogen-bond donors (Lipinski definition) is 2. The molecule has 0 aliphatic rings. The summed E-state index contributed by atoms with van der Waals surface area (Å²) >= 11 is 0. The minimum absolute atomic E-state index is 0.174. The normalized spacial score (nSPS) is 11.4. The van der Waals surface area contributed by atoms with Crippen LogP contribution in [0.15, 0.2) is 34.9 Å². The molecule has 0 radical (unpaired) electrons. The van der Waals surface area contributed by atoms with Crippen molar-refractivity contribution < 1.29 is 0 Å². The van der Waals surface area contributed by atoms with Crippen molar-refractivity contribution in [2.24, 2.45) is 0 Å². The zero-order valence-corrected chi connectivity index (χ0v) is 24.8. The molecule has 6 aromatic heterocycles. The van der Waals surface area contributed by atoms with E-state index < -0.39 is 0 Å². The van der Waals surface area contributed by atoms with Crippen LogP contribution in [-0.4, -0.2) is 58.6 Å². The summed E-state index contributed by atoms with van der Waals surface area (Å²) in [6.07, 6.45) is 6.51. The summed E-state index contributed by atoms with van der Waals surface area (Å²) in [5.74, 6) is 1.42. The third-order valence-electron chi connectivity index (χ3n) is 6.29. The second-order valence-electron chi connectivity index (χ2n) is 10.5. The highest BCUT2D eigenvalue weighted by Gasteiger charge is 2.11. The van der Waals surface area contributed by atoms with Gasteiger partial charge in [-0.25, -0.2) is 34.9 Å². The number of nitrogens with zero attached hydrogens (tertiary/aromatic N) is 10. The van der Waals surface area contributed by atoms with Gasteiger partial charge in [-0.3, -0.25) is 9.59 Å². The number of fused-ring (bicyclic) bond motifs is 3. The maximum atomic E-state index is 11.5. The van der Waals surface area contributed by atoms with Crippen LogP contribution in [-0.2, 0) is 0 Å². The Balaban J connectivity index is 0.000000142. The van der Waals surface area contributed by atoms with E-state index in [1.807, 2.05) is 57.0 Å². The minimum Gasteiger partial charge on any atom is -0.313 e. The summed E-state index contributed by atoms with van der Waals surface area (Å²) in [5.41, 5.74) is 4.53. The highest BCUT2D eigenvalue weighted by molar-refractivity contribution is 5.73. The SMILES string of the molecule is CC(C)n1cnc2c(=O)[nH]cnc21.Cc1nc(C)c2ncn(C(C)C)c2n1.Cc1nc2c(ncn2C(C)C)c(=O)[nH]1. The summed E-state index contributed by atoms with van der Waals surface area (Å²) in [6, 6.07) is 0.904. The van der Waals surface area contributed by atoms with Gasteiger partial charge in [-0.2, -0.15) is 0 Å². The molecule has 2 N–H and O–H groups in total. The summed E-state index contributed by atoms with van der Waals surface area (Å²) in [7, 11) is 0. The lowest BCUT2D eigenvalue weighted by Crippen LogP contribution is -2.11. The molecule has 216 valence electrons. The van der Waals surface area contributed by atoms with Crippen molar-refractivity contribution in [3.05, 3.63) is 63.4 Å². The zero-order chi connectivity index (χ0) is 30.0. The number of aryl methyl sites for hydroxylation is 3. The lowest BCUT2D eigenvalue weighted by molar-refractivity contribution is 0.612. The number of rotatable bonds is 3. The van der Waals surface area contributed by atoms with Crippen LogP contribution in [0.25, 0.3) is 33.5 Å². The molecule has 0 aliphatic heterocycles. The van der Waals surface area contributed by atoms with E-state index in [0.29, 0.717) is 34.2 Å². The van der Waals surface area contributed by atoms with Crippen LogP contribution in [0.5, 0.6) is 0 Å². The van der Waals surface area contributed by atoms with Crippen molar-refractivity contribution in [1.82, 2.24) is 58.6 Å². The first kappa shape index (κ1) is 29.2. The topological polar surface area (TPSA) is 171 Å².